The number of fused-ring (bicyclic) bond motifs is 1. The maximum atomic E-state index is 12.1. The molecule has 1 saturated carbocycles. The number of ketones is 1. The molecule has 0 radical (unpaired) electrons. The van der Waals surface area contributed by atoms with Gasteiger partial charge in [-0.1, -0.05) is 43.1 Å². The van der Waals surface area contributed by atoms with Crippen molar-refractivity contribution in [2.24, 2.45) is 11.3 Å². The topological polar surface area (TPSA) is 17.1 Å². The van der Waals surface area contributed by atoms with Crippen molar-refractivity contribution in [2.75, 3.05) is 0 Å². The minimum Gasteiger partial charge on any atom is -0.299 e. The van der Waals surface area contributed by atoms with Gasteiger partial charge in [0, 0.05) is 6.42 Å². The number of carbonyl (C=O) groups excluding carboxylic acids is 1. The van der Waals surface area contributed by atoms with Crippen molar-refractivity contribution in [3.8, 4) is 0 Å². The van der Waals surface area contributed by atoms with E-state index in [-0.39, 0.29) is 5.41 Å². The largest absolute Gasteiger partial charge is 0.299 e. The van der Waals surface area contributed by atoms with Crippen LogP contribution in [0.25, 0.3) is 0 Å². The van der Waals surface area contributed by atoms with E-state index in [9.17, 15) is 4.79 Å². The Morgan fingerprint density at radius 2 is 2.12 bits per heavy atom. The Balaban J connectivity index is 2.25. The second-order valence-electron chi connectivity index (χ2n) is 6.11. The van der Waals surface area contributed by atoms with E-state index < -0.39 is 0 Å². The molecule has 2 rings (SSSR count). The average molecular weight is 232 g/mol. The highest BCUT2D eigenvalue weighted by Gasteiger charge is 2.43. The van der Waals surface area contributed by atoms with Crippen LogP contribution in [0.15, 0.2) is 22.8 Å². The van der Waals surface area contributed by atoms with Crippen LogP contribution in [0.1, 0.15) is 59.8 Å². The minimum absolute atomic E-state index is 0.150. The lowest BCUT2D eigenvalue weighted by Crippen LogP contribution is -2.27. The van der Waals surface area contributed by atoms with E-state index in [1.807, 2.05) is 0 Å². The van der Waals surface area contributed by atoms with Gasteiger partial charge >= 0.3 is 0 Å². The van der Waals surface area contributed by atoms with Crippen LogP contribution in [0, 0.1) is 11.3 Å². The number of hydrogen-bond donors (Lipinski definition) is 0. The highest BCUT2D eigenvalue weighted by Crippen LogP contribution is 2.49. The van der Waals surface area contributed by atoms with Crippen LogP contribution in [0.2, 0.25) is 0 Å². The van der Waals surface area contributed by atoms with Crippen LogP contribution >= 0.6 is 0 Å². The average Bonchev–Trinajstić information content (AvgIpc) is 2.56. The third kappa shape index (κ3) is 2.12. The van der Waals surface area contributed by atoms with Crippen molar-refractivity contribution in [1.82, 2.24) is 0 Å². The predicted octanol–water partition coefficient (Wildman–Crippen LogP) is 4.44. The molecule has 94 valence electrons. The van der Waals surface area contributed by atoms with E-state index >= 15 is 0 Å². The summed E-state index contributed by atoms with van der Waals surface area (Å²) >= 11 is 0. The smallest absolute Gasteiger partial charge is 0.143 e. The molecule has 0 aromatic carbocycles. The first-order chi connectivity index (χ1) is 7.97. The van der Waals surface area contributed by atoms with E-state index in [1.165, 1.54) is 23.1 Å². The maximum absolute atomic E-state index is 12.1. The Morgan fingerprint density at radius 3 is 2.76 bits per heavy atom. The molecule has 2 atom stereocenters. The molecular formula is C16H24O. The highest BCUT2D eigenvalue weighted by molar-refractivity contribution is 5.91. The quantitative estimate of drug-likeness (QED) is 0.703. The van der Waals surface area contributed by atoms with Gasteiger partial charge in [0.2, 0.25) is 0 Å². The van der Waals surface area contributed by atoms with Crippen molar-refractivity contribution in [3.05, 3.63) is 22.8 Å². The number of allylic oxidation sites excluding steroid dienone is 4. The summed E-state index contributed by atoms with van der Waals surface area (Å²) in [5.41, 5.74) is 4.17. The zero-order chi connectivity index (χ0) is 12.6. The van der Waals surface area contributed by atoms with Gasteiger partial charge < -0.3 is 0 Å². The van der Waals surface area contributed by atoms with Gasteiger partial charge in [-0.2, -0.15) is 0 Å². The summed E-state index contributed by atoms with van der Waals surface area (Å²) in [6.45, 7) is 8.91. The zero-order valence-electron chi connectivity index (χ0n) is 11.6. The Morgan fingerprint density at radius 1 is 1.41 bits per heavy atom. The normalized spacial score (nSPS) is 30.4. The lowest BCUT2D eigenvalue weighted by Gasteiger charge is -2.32. The molecule has 0 bridgehead atoms. The molecule has 0 aromatic rings. The lowest BCUT2D eigenvalue weighted by molar-refractivity contribution is -0.124. The summed E-state index contributed by atoms with van der Waals surface area (Å²) in [7, 11) is 0. The molecule has 1 fully saturated rings. The van der Waals surface area contributed by atoms with E-state index in [4.69, 9.17) is 0 Å². The van der Waals surface area contributed by atoms with Crippen molar-refractivity contribution in [1.29, 1.82) is 0 Å². The number of rotatable bonds is 3. The fourth-order valence-corrected chi connectivity index (χ4v) is 3.15. The fourth-order valence-electron chi connectivity index (χ4n) is 3.15. The lowest BCUT2D eigenvalue weighted by atomic mass is 9.71. The zero-order valence-corrected chi connectivity index (χ0v) is 11.6. The molecule has 1 nitrogen and oxygen atoms in total. The fraction of sp³-hybridized carbons (Fsp3) is 0.688. The van der Waals surface area contributed by atoms with Crippen LogP contribution < -0.4 is 0 Å². The first-order valence-corrected chi connectivity index (χ1v) is 6.90. The Bertz CT molecular complexity index is 400. The summed E-state index contributed by atoms with van der Waals surface area (Å²) in [6.07, 6.45) is 7.41. The first kappa shape index (κ1) is 12.6. The Kier molecular flexibility index (Phi) is 3.29. The van der Waals surface area contributed by atoms with Crippen LogP contribution in [0.5, 0.6) is 0 Å². The third-order valence-corrected chi connectivity index (χ3v) is 4.75. The minimum atomic E-state index is -0.150. The van der Waals surface area contributed by atoms with E-state index in [1.54, 1.807) is 0 Å². The van der Waals surface area contributed by atoms with Crippen molar-refractivity contribution >= 4 is 5.78 Å². The van der Waals surface area contributed by atoms with Gasteiger partial charge in [0.25, 0.3) is 0 Å². The molecule has 0 N–H and O–H groups in total. The van der Waals surface area contributed by atoms with E-state index in [0.29, 0.717) is 5.78 Å². The predicted molar refractivity (Wildman–Crippen MR) is 71.8 cm³/mol. The van der Waals surface area contributed by atoms with Crippen molar-refractivity contribution in [3.63, 3.8) is 0 Å². The van der Waals surface area contributed by atoms with E-state index in [2.05, 4.69) is 33.8 Å². The van der Waals surface area contributed by atoms with Crippen LogP contribution in [-0.2, 0) is 4.79 Å². The first-order valence-electron chi connectivity index (χ1n) is 6.90. The van der Waals surface area contributed by atoms with Crippen LogP contribution in [0.3, 0.4) is 0 Å². The third-order valence-electron chi connectivity index (χ3n) is 4.75. The van der Waals surface area contributed by atoms with Gasteiger partial charge in [0.05, 0.1) is 5.41 Å². The number of hydrogen-bond acceptors (Lipinski definition) is 1. The molecule has 17 heavy (non-hydrogen) atoms. The van der Waals surface area contributed by atoms with E-state index in [0.717, 1.165) is 31.6 Å². The van der Waals surface area contributed by atoms with Crippen LogP contribution in [0.4, 0.5) is 0 Å². The van der Waals surface area contributed by atoms with Gasteiger partial charge in [0.1, 0.15) is 5.78 Å². The Labute approximate surface area is 105 Å². The van der Waals surface area contributed by atoms with Crippen molar-refractivity contribution < 1.29 is 4.79 Å². The second kappa shape index (κ2) is 4.44. The van der Waals surface area contributed by atoms with Crippen LogP contribution in [-0.4, -0.2) is 5.78 Å². The summed E-state index contributed by atoms with van der Waals surface area (Å²) in [5.74, 6) is 1.19. The molecule has 0 saturated heterocycles. The van der Waals surface area contributed by atoms with Gasteiger partial charge in [-0.3, -0.25) is 4.79 Å². The Hall–Kier alpha value is -0.850. The molecule has 2 aliphatic rings. The second-order valence-corrected chi connectivity index (χ2v) is 6.11. The summed E-state index contributed by atoms with van der Waals surface area (Å²) in [5, 5.41) is 0. The molecule has 0 aliphatic heterocycles. The van der Waals surface area contributed by atoms with Gasteiger partial charge in [-0.15, -0.1) is 0 Å². The van der Waals surface area contributed by atoms with Crippen molar-refractivity contribution in [2.45, 2.75) is 59.8 Å². The molecule has 2 aliphatic carbocycles. The summed E-state index contributed by atoms with van der Waals surface area (Å²) < 4.78 is 0. The van der Waals surface area contributed by atoms with Gasteiger partial charge in [-0.25, -0.2) is 0 Å². The number of Topliss-reactive ketones (excluding diaryl/α,β-unsaturated/α-hetero) is 1. The molecular weight excluding hydrogens is 208 g/mol. The van der Waals surface area contributed by atoms with Gasteiger partial charge in [-0.05, 0) is 39.0 Å². The maximum Gasteiger partial charge on any atom is 0.143 e. The highest BCUT2D eigenvalue weighted by atomic mass is 16.1. The standard InChI is InChI=1S/C16H24O/c1-5-11(2)8-13-10-16(4)14(9-12(13)3)6-7-15(16)17/h9,11H,5-8,10H2,1-4H3. The van der Waals surface area contributed by atoms with Gasteiger partial charge in [0.15, 0.2) is 0 Å². The molecule has 0 heterocycles. The summed E-state index contributed by atoms with van der Waals surface area (Å²) in [4.78, 5) is 12.1. The number of carbonyl (C=O) groups is 1. The molecule has 0 spiro atoms. The molecule has 2 unspecified atom stereocenters. The SMILES string of the molecule is CCC(C)CC1=C(C)C=C2CCC(=O)C2(C)C1. The monoisotopic (exact) mass is 232 g/mol. The summed E-state index contributed by atoms with van der Waals surface area (Å²) in [6, 6.07) is 0. The molecule has 0 aromatic heterocycles. The molecule has 1 heteroatoms. The molecule has 0 amide bonds.